The Bertz CT molecular complexity index is 338. The fourth-order valence-corrected chi connectivity index (χ4v) is 2.92. The molecule has 3 atom stereocenters. The molecule has 1 amide bonds. The van der Waals surface area contributed by atoms with Crippen molar-refractivity contribution in [3.63, 3.8) is 0 Å². The fourth-order valence-electron chi connectivity index (χ4n) is 2.92. The Balaban J connectivity index is 2.73. The van der Waals surface area contributed by atoms with Crippen molar-refractivity contribution < 1.29 is 14.7 Å². The van der Waals surface area contributed by atoms with Gasteiger partial charge in [-0.15, -0.1) is 0 Å². The minimum absolute atomic E-state index is 0.0269. The van der Waals surface area contributed by atoms with Crippen LogP contribution in [-0.2, 0) is 9.59 Å². The van der Waals surface area contributed by atoms with Gasteiger partial charge in [-0.2, -0.15) is 0 Å². The van der Waals surface area contributed by atoms with Gasteiger partial charge in [0.2, 0.25) is 5.91 Å². The maximum Gasteiger partial charge on any atom is 0.326 e. The molecule has 0 bridgehead atoms. The van der Waals surface area contributed by atoms with Crippen molar-refractivity contribution in [2.24, 2.45) is 17.3 Å². The van der Waals surface area contributed by atoms with Gasteiger partial charge in [0, 0.05) is 5.92 Å². The summed E-state index contributed by atoms with van der Waals surface area (Å²) in [6.45, 7) is 8.02. The molecule has 2 N–H and O–H groups in total. The number of carbonyl (C=O) groups excluding carboxylic acids is 1. The molecule has 1 rings (SSSR count). The Morgan fingerprint density at radius 1 is 1.37 bits per heavy atom. The van der Waals surface area contributed by atoms with Crippen molar-refractivity contribution in [2.75, 3.05) is 0 Å². The second kappa shape index (κ2) is 6.40. The molecule has 1 aliphatic carbocycles. The number of nitrogens with one attached hydrogen (secondary N) is 1. The first kappa shape index (κ1) is 16.0. The van der Waals surface area contributed by atoms with E-state index in [0.717, 1.165) is 32.1 Å². The SMILES string of the molecule is CCC(C)C(NC(=O)C1CCCCC1(C)C)C(=O)O. The highest BCUT2D eigenvalue weighted by atomic mass is 16.4. The van der Waals surface area contributed by atoms with Gasteiger partial charge in [0.15, 0.2) is 0 Å². The molecule has 1 fully saturated rings. The number of aliphatic carboxylic acids is 1. The molecule has 3 unspecified atom stereocenters. The van der Waals surface area contributed by atoms with E-state index in [9.17, 15) is 14.7 Å². The van der Waals surface area contributed by atoms with E-state index in [-0.39, 0.29) is 23.2 Å². The van der Waals surface area contributed by atoms with Crippen LogP contribution in [0.1, 0.15) is 59.8 Å². The zero-order chi connectivity index (χ0) is 14.6. The molecular weight excluding hydrogens is 242 g/mol. The standard InChI is InChI=1S/C15H27NO3/c1-5-10(2)12(14(18)19)16-13(17)11-8-6-7-9-15(11,3)4/h10-12H,5-9H2,1-4H3,(H,16,17)(H,18,19). The lowest BCUT2D eigenvalue weighted by Gasteiger charge is -2.38. The summed E-state index contributed by atoms with van der Waals surface area (Å²) in [7, 11) is 0. The van der Waals surface area contributed by atoms with Crippen LogP contribution in [0.3, 0.4) is 0 Å². The van der Waals surface area contributed by atoms with Crippen LogP contribution in [0.4, 0.5) is 0 Å². The minimum atomic E-state index is -0.934. The lowest BCUT2D eigenvalue weighted by molar-refractivity contribution is -0.145. The molecule has 1 saturated carbocycles. The average molecular weight is 269 g/mol. The van der Waals surface area contributed by atoms with Gasteiger partial charge in [0.25, 0.3) is 0 Å². The molecule has 4 heteroatoms. The lowest BCUT2D eigenvalue weighted by Crippen LogP contribution is -2.50. The molecule has 0 aromatic carbocycles. The second-order valence-corrected chi connectivity index (χ2v) is 6.50. The van der Waals surface area contributed by atoms with E-state index in [4.69, 9.17) is 0 Å². The molecule has 4 nitrogen and oxygen atoms in total. The van der Waals surface area contributed by atoms with E-state index < -0.39 is 12.0 Å². The van der Waals surface area contributed by atoms with Gasteiger partial charge >= 0.3 is 5.97 Å². The summed E-state index contributed by atoms with van der Waals surface area (Å²) in [6, 6.07) is -0.768. The predicted molar refractivity (Wildman–Crippen MR) is 74.8 cm³/mol. The van der Waals surface area contributed by atoms with Crippen molar-refractivity contribution in [1.29, 1.82) is 0 Å². The van der Waals surface area contributed by atoms with Crippen molar-refractivity contribution in [3.8, 4) is 0 Å². The van der Waals surface area contributed by atoms with Crippen LogP contribution in [0.5, 0.6) is 0 Å². The molecule has 0 aromatic heterocycles. The van der Waals surface area contributed by atoms with Gasteiger partial charge in [-0.3, -0.25) is 4.79 Å². The van der Waals surface area contributed by atoms with E-state index in [1.54, 1.807) is 0 Å². The van der Waals surface area contributed by atoms with Crippen molar-refractivity contribution >= 4 is 11.9 Å². The van der Waals surface area contributed by atoms with Crippen LogP contribution >= 0.6 is 0 Å². The van der Waals surface area contributed by atoms with Gasteiger partial charge in [0.1, 0.15) is 6.04 Å². The lowest BCUT2D eigenvalue weighted by atomic mass is 9.68. The minimum Gasteiger partial charge on any atom is -0.480 e. The molecular formula is C15H27NO3. The summed E-state index contributed by atoms with van der Waals surface area (Å²) >= 11 is 0. The van der Waals surface area contributed by atoms with Crippen LogP contribution in [-0.4, -0.2) is 23.0 Å². The summed E-state index contributed by atoms with van der Waals surface area (Å²) in [5.74, 6) is -1.13. The summed E-state index contributed by atoms with van der Waals surface area (Å²) in [5, 5.41) is 12.0. The number of amides is 1. The molecule has 0 heterocycles. The summed E-state index contributed by atoms with van der Waals surface area (Å²) < 4.78 is 0. The smallest absolute Gasteiger partial charge is 0.326 e. The second-order valence-electron chi connectivity index (χ2n) is 6.50. The van der Waals surface area contributed by atoms with Gasteiger partial charge in [-0.25, -0.2) is 4.79 Å². The number of carbonyl (C=O) groups is 2. The normalized spacial score (nSPS) is 25.4. The largest absolute Gasteiger partial charge is 0.480 e. The van der Waals surface area contributed by atoms with E-state index >= 15 is 0 Å². The Hall–Kier alpha value is -1.06. The molecule has 0 aromatic rings. The van der Waals surface area contributed by atoms with Gasteiger partial charge in [-0.05, 0) is 24.2 Å². The molecule has 1 aliphatic rings. The van der Waals surface area contributed by atoms with E-state index in [0.29, 0.717) is 0 Å². The highest BCUT2D eigenvalue weighted by Gasteiger charge is 2.38. The fraction of sp³-hybridized carbons (Fsp3) is 0.867. The Morgan fingerprint density at radius 3 is 2.47 bits per heavy atom. The first-order valence-corrected chi connectivity index (χ1v) is 7.32. The third-order valence-electron chi connectivity index (χ3n) is 4.60. The molecule has 110 valence electrons. The van der Waals surface area contributed by atoms with E-state index in [1.165, 1.54) is 0 Å². The van der Waals surface area contributed by atoms with Crippen LogP contribution in [0.15, 0.2) is 0 Å². The van der Waals surface area contributed by atoms with Crippen molar-refractivity contribution in [2.45, 2.75) is 65.8 Å². The average Bonchev–Trinajstić information content (AvgIpc) is 2.33. The van der Waals surface area contributed by atoms with Crippen LogP contribution in [0.2, 0.25) is 0 Å². The first-order chi connectivity index (χ1) is 8.79. The maximum absolute atomic E-state index is 12.4. The zero-order valence-electron chi connectivity index (χ0n) is 12.5. The predicted octanol–water partition coefficient (Wildman–Crippen LogP) is 2.82. The summed E-state index contributed by atoms with van der Waals surface area (Å²) in [5.41, 5.74) is -0.0269. The number of carboxylic acids is 1. The van der Waals surface area contributed by atoms with Crippen molar-refractivity contribution in [1.82, 2.24) is 5.32 Å². The molecule has 0 saturated heterocycles. The van der Waals surface area contributed by atoms with Gasteiger partial charge in [0.05, 0.1) is 0 Å². The summed E-state index contributed by atoms with van der Waals surface area (Å²) in [4.78, 5) is 23.6. The Morgan fingerprint density at radius 2 is 2.00 bits per heavy atom. The Kier molecular flexibility index (Phi) is 5.39. The quantitative estimate of drug-likeness (QED) is 0.806. The molecule has 0 aliphatic heterocycles. The summed E-state index contributed by atoms with van der Waals surface area (Å²) in [6.07, 6.45) is 4.86. The highest BCUT2D eigenvalue weighted by Crippen LogP contribution is 2.40. The topological polar surface area (TPSA) is 66.4 Å². The molecule has 19 heavy (non-hydrogen) atoms. The van der Waals surface area contributed by atoms with Crippen LogP contribution < -0.4 is 5.32 Å². The van der Waals surface area contributed by atoms with Crippen molar-refractivity contribution in [3.05, 3.63) is 0 Å². The molecule has 0 radical (unpaired) electrons. The van der Waals surface area contributed by atoms with Gasteiger partial charge < -0.3 is 10.4 Å². The monoisotopic (exact) mass is 269 g/mol. The van der Waals surface area contributed by atoms with Crippen LogP contribution in [0, 0.1) is 17.3 Å². The first-order valence-electron chi connectivity index (χ1n) is 7.32. The molecule has 0 spiro atoms. The number of hydrogen-bond acceptors (Lipinski definition) is 2. The maximum atomic E-state index is 12.4. The Labute approximate surface area is 116 Å². The third kappa shape index (κ3) is 3.95. The van der Waals surface area contributed by atoms with Gasteiger partial charge in [-0.1, -0.05) is 47.0 Å². The number of hydrogen-bond donors (Lipinski definition) is 2. The van der Waals surface area contributed by atoms with E-state index in [1.807, 2.05) is 13.8 Å². The highest BCUT2D eigenvalue weighted by molar-refractivity contribution is 5.85. The van der Waals surface area contributed by atoms with Crippen LogP contribution in [0.25, 0.3) is 0 Å². The van der Waals surface area contributed by atoms with E-state index in [2.05, 4.69) is 19.2 Å². The zero-order valence-corrected chi connectivity index (χ0v) is 12.5. The number of rotatable bonds is 5. The third-order valence-corrected chi connectivity index (χ3v) is 4.60. The number of carboxylic acid groups (broad SMARTS) is 1.